The highest BCUT2D eigenvalue weighted by Gasteiger charge is 2.20. The van der Waals surface area contributed by atoms with E-state index >= 15 is 0 Å². The number of nitriles is 1. The average Bonchev–Trinajstić information content (AvgIpc) is 2.48. The first-order valence-electron chi connectivity index (χ1n) is 6.46. The molecule has 0 heterocycles. The van der Waals surface area contributed by atoms with Crippen molar-refractivity contribution < 1.29 is 8.42 Å². The molecule has 108 valence electrons. The molecule has 2 rings (SSSR count). The maximum absolute atomic E-state index is 12.5. The molecule has 0 unspecified atom stereocenters. The van der Waals surface area contributed by atoms with E-state index < -0.39 is 10.0 Å². The highest BCUT2D eigenvalue weighted by molar-refractivity contribution is 7.92. The van der Waals surface area contributed by atoms with Crippen molar-refractivity contribution in [1.82, 2.24) is 0 Å². The van der Waals surface area contributed by atoms with E-state index in [2.05, 4.69) is 0 Å². The lowest BCUT2D eigenvalue weighted by molar-refractivity contribution is 0.594. The molecule has 2 aromatic carbocycles. The molecule has 0 spiro atoms. The number of benzene rings is 2. The van der Waals surface area contributed by atoms with Gasteiger partial charge in [0, 0.05) is 7.05 Å². The summed E-state index contributed by atoms with van der Waals surface area (Å²) in [5, 5.41) is 8.63. The molecule has 0 atom stereocenters. The van der Waals surface area contributed by atoms with Gasteiger partial charge in [-0.05, 0) is 36.8 Å². The van der Waals surface area contributed by atoms with Crippen LogP contribution in [0.3, 0.4) is 0 Å². The van der Waals surface area contributed by atoms with Gasteiger partial charge in [0.1, 0.15) is 0 Å². The lowest BCUT2D eigenvalue weighted by Crippen LogP contribution is -2.26. The molecular weight excluding hydrogens is 284 g/mol. The maximum Gasteiger partial charge on any atom is 0.264 e. The van der Waals surface area contributed by atoms with E-state index in [1.807, 2.05) is 25.1 Å². The molecule has 0 fully saturated rings. The van der Waals surface area contributed by atoms with Crippen molar-refractivity contribution in [3.63, 3.8) is 0 Å². The molecule has 0 saturated carbocycles. The van der Waals surface area contributed by atoms with E-state index in [4.69, 9.17) is 5.26 Å². The Morgan fingerprint density at radius 2 is 1.62 bits per heavy atom. The van der Waals surface area contributed by atoms with E-state index in [9.17, 15) is 8.42 Å². The van der Waals surface area contributed by atoms with Crippen molar-refractivity contribution in [1.29, 1.82) is 5.26 Å². The fourth-order valence-electron chi connectivity index (χ4n) is 1.92. The van der Waals surface area contributed by atoms with Crippen molar-refractivity contribution in [2.24, 2.45) is 0 Å². The summed E-state index contributed by atoms with van der Waals surface area (Å²) in [7, 11) is -2.06. The van der Waals surface area contributed by atoms with Crippen LogP contribution in [0.5, 0.6) is 0 Å². The van der Waals surface area contributed by atoms with Crippen molar-refractivity contribution >= 4 is 15.7 Å². The van der Waals surface area contributed by atoms with Crippen molar-refractivity contribution in [3.8, 4) is 6.07 Å². The third-order valence-electron chi connectivity index (χ3n) is 3.26. The smallest absolute Gasteiger partial charge is 0.264 e. The fraction of sp³-hybridized carbons (Fsp3) is 0.188. The number of hydrogen-bond donors (Lipinski definition) is 0. The molecular formula is C16H16N2O2S. The van der Waals surface area contributed by atoms with Crippen LogP contribution in [0.2, 0.25) is 0 Å². The van der Waals surface area contributed by atoms with Crippen LogP contribution in [0.15, 0.2) is 53.4 Å². The standard InChI is InChI=1S/C16H16N2O2S/c1-13-3-7-15(8-4-13)18(2)21(19,20)16-9-5-14(6-10-16)11-12-17/h3-10H,11H2,1-2H3. The Bertz CT molecular complexity index is 757. The van der Waals surface area contributed by atoms with Gasteiger partial charge in [0.15, 0.2) is 0 Å². The summed E-state index contributed by atoms with van der Waals surface area (Å²) in [4.78, 5) is 0.215. The Morgan fingerprint density at radius 1 is 1.05 bits per heavy atom. The molecule has 0 N–H and O–H groups in total. The molecule has 0 radical (unpaired) electrons. The second-order valence-corrected chi connectivity index (χ2v) is 6.76. The molecule has 0 amide bonds. The van der Waals surface area contributed by atoms with Gasteiger partial charge >= 0.3 is 0 Å². The number of nitrogens with zero attached hydrogens (tertiary/aromatic N) is 2. The van der Waals surface area contributed by atoms with Crippen LogP contribution in [0.4, 0.5) is 5.69 Å². The topological polar surface area (TPSA) is 61.2 Å². The molecule has 0 aliphatic rings. The molecule has 2 aromatic rings. The zero-order valence-electron chi connectivity index (χ0n) is 11.9. The van der Waals surface area contributed by atoms with Gasteiger partial charge in [-0.25, -0.2) is 8.42 Å². The first kappa shape index (κ1) is 15.1. The van der Waals surface area contributed by atoms with E-state index in [1.54, 1.807) is 24.3 Å². The van der Waals surface area contributed by atoms with E-state index in [0.717, 1.165) is 11.1 Å². The molecule has 0 aromatic heterocycles. The van der Waals surface area contributed by atoms with Gasteiger partial charge in [-0.3, -0.25) is 4.31 Å². The normalized spacial score (nSPS) is 10.9. The Labute approximate surface area is 125 Å². The lowest BCUT2D eigenvalue weighted by Gasteiger charge is -2.19. The first-order valence-corrected chi connectivity index (χ1v) is 7.90. The molecule has 0 bridgehead atoms. The van der Waals surface area contributed by atoms with Crippen LogP contribution in [0.1, 0.15) is 11.1 Å². The molecule has 21 heavy (non-hydrogen) atoms. The van der Waals surface area contributed by atoms with Crippen LogP contribution < -0.4 is 4.31 Å². The molecule has 0 aliphatic carbocycles. The van der Waals surface area contributed by atoms with Gasteiger partial charge in [-0.2, -0.15) is 5.26 Å². The molecule has 0 saturated heterocycles. The Balaban J connectivity index is 2.32. The number of hydrogen-bond acceptors (Lipinski definition) is 3. The zero-order chi connectivity index (χ0) is 15.5. The van der Waals surface area contributed by atoms with Gasteiger partial charge < -0.3 is 0 Å². The van der Waals surface area contributed by atoms with Crippen LogP contribution in [-0.4, -0.2) is 15.5 Å². The van der Waals surface area contributed by atoms with Crippen LogP contribution >= 0.6 is 0 Å². The van der Waals surface area contributed by atoms with E-state index in [1.165, 1.54) is 23.5 Å². The van der Waals surface area contributed by atoms with Gasteiger partial charge in [0.05, 0.1) is 23.1 Å². The minimum atomic E-state index is -3.59. The Kier molecular flexibility index (Phi) is 4.29. The third-order valence-corrected chi connectivity index (χ3v) is 5.06. The second-order valence-electron chi connectivity index (χ2n) is 4.79. The molecule has 0 aliphatic heterocycles. The minimum Gasteiger partial charge on any atom is -0.269 e. The Hall–Kier alpha value is -2.32. The molecule has 5 heteroatoms. The third kappa shape index (κ3) is 3.23. The lowest BCUT2D eigenvalue weighted by atomic mass is 10.2. The predicted molar refractivity (Wildman–Crippen MR) is 82.5 cm³/mol. The van der Waals surface area contributed by atoms with Crippen molar-refractivity contribution in [3.05, 3.63) is 59.7 Å². The summed E-state index contributed by atoms with van der Waals surface area (Å²) in [6.45, 7) is 1.95. The van der Waals surface area contributed by atoms with Gasteiger partial charge in [0.25, 0.3) is 10.0 Å². The van der Waals surface area contributed by atoms with Gasteiger partial charge in [-0.1, -0.05) is 29.8 Å². The quantitative estimate of drug-likeness (QED) is 0.872. The monoisotopic (exact) mass is 300 g/mol. The number of aryl methyl sites for hydroxylation is 1. The summed E-state index contributed by atoms with van der Waals surface area (Å²) in [5.74, 6) is 0. The largest absolute Gasteiger partial charge is 0.269 e. The maximum atomic E-state index is 12.5. The summed E-state index contributed by atoms with van der Waals surface area (Å²) >= 11 is 0. The summed E-state index contributed by atoms with van der Waals surface area (Å²) in [6.07, 6.45) is 0.272. The average molecular weight is 300 g/mol. The second kappa shape index (κ2) is 5.98. The highest BCUT2D eigenvalue weighted by atomic mass is 32.2. The van der Waals surface area contributed by atoms with Crippen LogP contribution in [-0.2, 0) is 16.4 Å². The SMILES string of the molecule is Cc1ccc(N(C)S(=O)(=O)c2ccc(CC#N)cc2)cc1. The number of anilines is 1. The van der Waals surface area contributed by atoms with Crippen molar-refractivity contribution in [2.45, 2.75) is 18.2 Å². The summed E-state index contributed by atoms with van der Waals surface area (Å²) in [5.41, 5.74) is 2.49. The minimum absolute atomic E-state index is 0.215. The number of rotatable bonds is 4. The van der Waals surface area contributed by atoms with E-state index in [0.29, 0.717) is 5.69 Å². The van der Waals surface area contributed by atoms with Crippen LogP contribution in [0, 0.1) is 18.3 Å². The fourth-order valence-corrected chi connectivity index (χ4v) is 3.12. The van der Waals surface area contributed by atoms with E-state index in [-0.39, 0.29) is 11.3 Å². The van der Waals surface area contributed by atoms with Gasteiger partial charge in [-0.15, -0.1) is 0 Å². The highest BCUT2D eigenvalue weighted by Crippen LogP contribution is 2.22. The zero-order valence-corrected chi connectivity index (χ0v) is 12.8. The number of sulfonamides is 1. The molecule has 4 nitrogen and oxygen atoms in total. The van der Waals surface area contributed by atoms with Crippen molar-refractivity contribution in [2.75, 3.05) is 11.4 Å². The van der Waals surface area contributed by atoms with Crippen LogP contribution in [0.25, 0.3) is 0 Å². The Morgan fingerprint density at radius 3 is 2.14 bits per heavy atom. The first-order chi connectivity index (χ1) is 9.95. The summed E-state index contributed by atoms with van der Waals surface area (Å²) in [6, 6.07) is 15.7. The van der Waals surface area contributed by atoms with Gasteiger partial charge in [0.2, 0.25) is 0 Å². The predicted octanol–water partition coefficient (Wildman–Crippen LogP) is 2.89. The summed E-state index contributed by atoms with van der Waals surface area (Å²) < 4.78 is 26.4.